The van der Waals surface area contributed by atoms with Crippen molar-refractivity contribution < 1.29 is 19.4 Å². The number of hydrogen-bond donors (Lipinski definition) is 2. The molecule has 2 aromatic carbocycles. The van der Waals surface area contributed by atoms with Gasteiger partial charge in [-0.3, -0.25) is 10.1 Å². The van der Waals surface area contributed by atoms with Gasteiger partial charge in [0.05, 0.1) is 13.2 Å². The lowest BCUT2D eigenvalue weighted by Crippen LogP contribution is -2.38. The van der Waals surface area contributed by atoms with Gasteiger partial charge in [-0.1, -0.05) is 42.5 Å². The van der Waals surface area contributed by atoms with Gasteiger partial charge in [-0.05, 0) is 18.1 Å². The Morgan fingerprint density at radius 2 is 1.88 bits per heavy atom. The first-order valence-corrected chi connectivity index (χ1v) is 8.11. The molecule has 1 atom stereocenters. The molecular formula is C19H21NO4. The first-order chi connectivity index (χ1) is 11.7. The average molecular weight is 327 g/mol. The number of hydrogen-bond acceptors (Lipinski definition) is 4. The monoisotopic (exact) mass is 327 g/mol. The van der Waals surface area contributed by atoms with Crippen molar-refractivity contribution in [2.75, 3.05) is 13.2 Å². The summed E-state index contributed by atoms with van der Waals surface area (Å²) in [7, 11) is 0. The molecule has 0 spiro atoms. The number of carboxylic acid groups (broad SMARTS) is 1. The topological polar surface area (TPSA) is 67.8 Å². The molecule has 0 aliphatic carbocycles. The molecule has 1 aliphatic heterocycles. The van der Waals surface area contributed by atoms with Crippen LogP contribution < -0.4 is 14.8 Å². The summed E-state index contributed by atoms with van der Waals surface area (Å²) in [6.45, 7) is 1.66. The van der Waals surface area contributed by atoms with Crippen molar-refractivity contribution in [1.29, 1.82) is 0 Å². The summed E-state index contributed by atoms with van der Waals surface area (Å²) in [6.07, 6.45) is 1.27. The fourth-order valence-corrected chi connectivity index (χ4v) is 2.72. The Bertz CT molecular complexity index is 687. The number of ether oxygens (including phenoxy) is 2. The van der Waals surface area contributed by atoms with Crippen molar-refractivity contribution in [3.8, 4) is 11.5 Å². The molecule has 0 amide bonds. The second kappa shape index (κ2) is 7.84. The van der Waals surface area contributed by atoms with E-state index in [1.807, 2.05) is 48.5 Å². The van der Waals surface area contributed by atoms with Crippen molar-refractivity contribution in [1.82, 2.24) is 5.32 Å². The van der Waals surface area contributed by atoms with Crippen LogP contribution >= 0.6 is 0 Å². The fraction of sp³-hybridized carbons (Fsp3) is 0.316. The van der Waals surface area contributed by atoms with E-state index in [-0.39, 0.29) is 0 Å². The van der Waals surface area contributed by atoms with Crippen LogP contribution in [0.1, 0.15) is 17.5 Å². The van der Waals surface area contributed by atoms with Gasteiger partial charge in [-0.25, -0.2) is 0 Å². The third-order valence-electron chi connectivity index (χ3n) is 3.97. The molecule has 0 saturated heterocycles. The summed E-state index contributed by atoms with van der Waals surface area (Å²) >= 11 is 0. The van der Waals surface area contributed by atoms with Gasteiger partial charge in [0, 0.05) is 18.5 Å². The molecule has 0 saturated carbocycles. The van der Waals surface area contributed by atoms with E-state index in [0.29, 0.717) is 31.9 Å². The number of carbonyl (C=O) groups is 1. The summed E-state index contributed by atoms with van der Waals surface area (Å²) in [6, 6.07) is 14.7. The minimum Gasteiger partial charge on any atom is -0.490 e. The molecule has 5 nitrogen and oxygen atoms in total. The van der Waals surface area contributed by atoms with Crippen molar-refractivity contribution in [2.45, 2.75) is 25.4 Å². The number of aliphatic carboxylic acids is 1. The van der Waals surface area contributed by atoms with Gasteiger partial charge >= 0.3 is 5.97 Å². The lowest BCUT2D eigenvalue weighted by atomic mass is 10.1. The van der Waals surface area contributed by atoms with Crippen LogP contribution in [0, 0.1) is 0 Å². The molecule has 2 aromatic rings. The van der Waals surface area contributed by atoms with Crippen molar-refractivity contribution >= 4 is 5.97 Å². The maximum atomic E-state index is 11.6. The van der Waals surface area contributed by atoms with Gasteiger partial charge in [0.25, 0.3) is 0 Å². The van der Waals surface area contributed by atoms with E-state index in [2.05, 4.69) is 5.32 Å². The number of para-hydroxylation sites is 1. The highest BCUT2D eigenvalue weighted by Gasteiger charge is 2.20. The van der Waals surface area contributed by atoms with Crippen LogP contribution in [-0.4, -0.2) is 30.3 Å². The van der Waals surface area contributed by atoms with Crippen molar-refractivity contribution in [3.05, 3.63) is 59.7 Å². The predicted octanol–water partition coefficient (Wildman–Crippen LogP) is 2.63. The summed E-state index contributed by atoms with van der Waals surface area (Å²) in [5.41, 5.74) is 1.90. The number of carboxylic acids is 1. The summed E-state index contributed by atoms with van der Waals surface area (Å²) in [5.74, 6) is 0.575. The maximum absolute atomic E-state index is 11.6. The Morgan fingerprint density at radius 3 is 2.67 bits per heavy atom. The van der Waals surface area contributed by atoms with Crippen molar-refractivity contribution in [3.63, 3.8) is 0 Å². The van der Waals surface area contributed by atoms with Crippen molar-refractivity contribution in [2.24, 2.45) is 0 Å². The highest BCUT2D eigenvalue weighted by Crippen LogP contribution is 2.33. The molecule has 0 aromatic heterocycles. The minimum atomic E-state index is -0.863. The normalized spacial score (nSPS) is 14.7. The Hall–Kier alpha value is -2.53. The van der Waals surface area contributed by atoms with E-state index in [9.17, 15) is 9.90 Å². The van der Waals surface area contributed by atoms with Gasteiger partial charge in [0.1, 0.15) is 6.04 Å². The number of rotatable bonds is 6. The molecule has 2 N–H and O–H groups in total. The smallest absolute Gasteiger partial charge is 0.321 e. The second-order valence-corrected chi connectivity index (χ2v) is 5.76. The summed E-state index contributed by atoms with van der Waals surface area (Å²) in [4.78, 5) is 11.6. The van der Waals surface area contributed by atoms with Crippen LogP contribution in [0.4, 0.5) is 0 Å². The molecule has 1 heterocycles. The SMILES string of the molecule is O=C(O)[C@H](Cc1ccccc1)NCc1cccc2c1OCCCO2. The summed E-state index contributed by atoms with van der Waals surface area (Å²) < 4.78 is 11.4. The zero-order valence-corrected chi connectivity index (χ0v) is 13.4. The Balaban J connectivity index is 1.70. The van der Waals surface area contributed by atoms with Crippen LogP contribution in [0.3, 0.4) is 0 Å². The fourth-order valence-electron chi connectivity index (χ4n) is 2.72. The zero-order valence-electron chi connectivity index (χ0n) is 13.4. The van der Waals surface area contributed by atoms with E-state index in [1.165, 1.54) is 0 Å². The van der Waals surface area contributed by atoms with Gasteiger partial charge in [-0.15, -0.1) is 0 Å². The molecule has 0 radical (unpaired) electrons. The molecule has 5 heteroatoms. The van der Waals surface area contributed by atoms with E-state index < -0.39 is 12.0 Å². The standard InChI is InChI=1S/C19H21NO4/c21-19(22)16(12-14-6-2-1-3-7-14)20-13-15-8-4-9-17-18(15)24-11-5-10-23-17/h1-4,6-9,16,20H,5,10-13H2,(H,21,22)/t16-/m0/s1. The zero-order chi connectivity index (χ0) is 16.8. The van der Waals surface area contributed by atoms with E-state index in [0.717, 1.165) is 23.3 Å². The lowest BCUT2D eigenvalue weighted by molar-refractivity contribution is -0.139. The van der Waals surface area contributed by atoms with Crippen LogP contribution in [0.2, 0.25) is 0 Å². The first-order valence-electron chi connectivity index (χ1n) is 8.11. The number of nitrogens with one attached hydrogen (secondary N) is 1. The molecule has 1 aliphatic rings. The van der Waals surface area contributed by atoms with Crippen LogP contribution in [0.15, 0.2) is 48.5 Å². The van der Waals surface area contributed by atoms with Gasteiger partial charge in [0.15, 0.2) is 11.5 Å². The molecule has 0 fully saturated rings. The van der Waals surface area contributed by atoms with Gasteiger partial charge in [-0.2, -0.15) is 0 Å². The molecule has 126 valence electrons. The third kappa shape index (κ3) is 4.06. The Morgan fingerprint density at radius 1 is 1.08 bits per heavy atom. The Kier molecular flexibility index (Phi) is 5.33. The third-order valence-corrected chi connectivity index (χ3v) is 3.97. The van der Waals surface area contributed by atoms with Gasteiger partial charge < -0.3 is 14.6 Å². The molecule has 3 rings (SSSR count). The van der Waals surface area contributed by atoms with E-state index in [1.54, 1.807) is 0 Å². The van der Waals surface area contributed by atoms with Crippen LogP contribution in [0.25, 0.3) is 0 Å². The van der Waals surface area contributed by atoms with E-state index >= 15 is 0 Å². The second-order valence-electron chi connectivity index (χ2n) is 5.76. The highest BCUT2D eigenvalue weighted by atomic mass is 16.5. The van der Waals surface area contributed by atoms with Crippen LogP contribution in [-0.2, 0) is 17.8 Å². The molecule has 24 heavy (non-hydrogen) atoms. The predicted molar refractivity (Wildman–Crippen MR) is 90.5 cm³/mol. The molecular weight excluding hydrogens is 306 g/mol. The lowest BCUT2D eigenvalue weighted by Gasteiger charge is -2.17. The highest BCUT2D eigenvalue weighted by molar-refractivity contribution is 5.74. The van der Waals surface area contributed by atoms with Crippen LogP contribution in [0.5, 0.6) is 11.5 Å². The first kappa shape index (κ1) is 16.3. The Labute approximate surface area is 141 Å². The number of benzene rings is 2. The maximum Gasteiger partial charge on any atom is 0.321 e. The number of fused-ring (bicyclic) bond motifs is 1. The summed E-state index contributed by atoms with van der Waals surface area (Å²) in [5, 5.41) is 12.6. The molecule has 0 unspecified atom stereocenters. The largest absolute Gasteiger partial charge is 0.490 e. The minimum absolute atomic E-state index is 0.413. The van der Waals surface area contributed by atoms with Gasteiger partial charge in [0.2, 0.25) is 0 Å². The molecule has 0 bridgehead atoms. The van der Waals surface area contributed by atoms with E-state index in [4.69, 9.17) is 9.47 Å². The quantitative estimate of drug-likeness (QED) is 0.854. The average Bonchev–Trinajstić information content (AvgIpc) is 2.85.